The first-order valence-corrected chi connectivity index (χ1v) is 26.1. The number of ether oxygens (including phenoxy) is 3. The van der Waals surface area contributed by atoms with Crippen LogP contribution in [0.4, 0.5) is 0 Å². The number of hydrogen-bond acceptors (Lipinski definition) is 12. The van der Waals surface area contributed by atoms with E-state index < -0.39 is 17.7 Å². The first-order valence-electron chi connectivity index (χ1n) is 24.5. The molecule has 3 saturated heterocycles. The molecular weight excluding hydrogens is 966 g/mol. The van der Waals surface area contributed by atoms with E-state index in [0.29, 0.717) is 54.0 Å². The monoisotopic (exact) mass is 1020 g/mol. The third-order valence-electron chi connectivity index (χ3n) is 13.8. The van der Waals surface area contributed by atoms with E-state index in [0.717, 1.165) is 82.0 Å². The molecule has 9 rings (SSSR count). The molecule has 15 nitrogen and oxygen atoms in total. The van der Waals surface area contributed by atoms with Gasteiger partial charge < -0.3 is 40.0 Å². The van der Waals surface area contributed by atoms with E-state index in [1.807, 2.05) is 79.4 Å². The number of rotatable bonds is 18. The van der Waals surface area contributed by atoms with Gasteiger partial charge in [0.15, 0.2) is 11.5 Å². The lowest BCUT2D eigenvalue weighted by molar-refractivity contribution is -0.148. The van der Waals surface area contributed by atoms with E-state index in [1.165, 1.54) is 16.2 Å². The van der Waals surface area contributed by atoms with Gasteiger partial charge in [0, 0.05) is 110 Å². The highest BCUT2D eigenvalue weighted by atomic mass is 35.5. The Balaban J connectivity index is 0.684. The molecule has 5 aromatic rings. The normalized spacial score (nSPS) is 17.7. The van der Waals surface area contributed by atoms with E-state index in [-0.39, 0.29) is 74.5 Å². The van der Waals surface area contributed by atoms with Crippen LogP contribution in [0.25, 0.3) is 21.3 Å². The van der Waals surface area contributed by atoms with Gasteiger partial charge in [-0.25, -0.2) is 0 Å². The standard InChI is InChI=1S/C53H59Cl2N7O8S/c1-33-28-37(55)29-41(40-14-21-56-42-30-39(71-51(40)42)32-62-47(65)12-13-48(62)66)50(33)68-38-16-24-60(25-17-38)23-5-20-57-45(63)15-22-58-46(64)31-59-34(2)49(35-8-10-36(54)11-9-35)52(67)61-26-18-53(19-27-61)69-43-6-3-4-7-44(43)70-53/h3-4,6-11,14,21,28-30,34,38,49,59H,5,12-13,15-20,22-27,31-32H2,1-2H3,(H,57,63)(H,58,64)/t34-,49-/m0/s1. The molecule has 71 heavy (non-hydrogen) atoms. The number of nitrogens with zero attached hydrogens (tertiary/aromatic N) is 4. The number of fused-ring (bicyclic) bond motifs is 2. The second-order valence-corrected chi connectivity index (χ2v) is 20.8. The average molecular weight is 1030 g/mol. The van der Waals surface area contributed by atoms with Crippen molar-refractivity contribution in [1.82, 2.24) is 35.6 Å². The number of para-hydroxylation sites is 2. The van der Waals surface area contributed by atoms with Gasteiger partial charge in [0.05, 0.1) is 29.2 Å². The van der Waals surface area contributed by atoms with Crippen molar-refractivity contribution < 1.29 is 38.2 Å². The molecule has 3 aromatic carbocycles. The minimum atomic E-state index is -0.782. The van der Waals surface area contributed by atoms with Gasteiger partial charge in [0.1, 0.15) is 11.9 Å². The number of likely N-dealkylation sites (tertiary alicyclic amines) is 3. The number of aromatic nitrogens is 1. The van der Waals surface area contributed by atoms with Gasteiger partial charge >= 0.3 is 0 Å². The summed E-state index contributed by atoms with van der Waals surface area (Å²) in [5.41, 5.74) is 4.34. The molecule has 0 aliphatic carbocycles. The molecular formula is C53H59Cl2N7O8S. The van der Waals surface area contributed by atoms with Crippen molar-refractivity contribution in [3.8, 4) is 28.4 Å². The molecule has 0 radical (unpaired) electrons. The van der Waals surface area contributed by atoms with Gasteiger partial charge in [-0.2, -0.15) is 0 Å². The van der Waals surface area contributed by atoms with E-state index >= 15 is 0 Å². The van der Waals surface area contributed by atoms with Gasteiger partial charge in [-0.05, 0) is 99.3 Å². The number of imide groups is 1. The zero-order chi connectivity index (χ0) is 49.6. The summed E-state index contributed by atoms with van der Waals surface area (Å²) in [6.07, 6.45) is 5.94. The fourth-order valence-corrected chi connectivity index (χ4v) is 11.5. The Bertz CT molecular complexity index is 2730. The molecule has 4 aliphatic heterocycles. The highest BCUT2D eigenvalue weighted by Crippen LogP contribution is 2.45. The third kappa shape index (κ3) is 12.0. The van der Waals surface area contributed by atoms with Crippen molar-refractivity contribution in [2.75, 3.05) is 52.4 Å². The number of pyridine rings is 1. The maximum atomic E-state index is 14.2. The Morgan fingerprint density at radius 1 is 0.859 bits per heavy atom. The van der Waals surface area contributed by atoms with Gasteiger partial charge in [-0.1, -0.05) is 47.5 Å². The number of carbonyl (C=O) groups is 5. The summed E-state index contributed by atoms with van der Waals surface area (Å²) in [4.78, 5) is 75.5. The number of piperidine rings is 2. The molecule has 0 saturated carbocycles. The molecule has 2 atom stereocenters. The van der Waals surface area contributed by atoms with E-state index in [1.54, 1.807) is 18.3 Å². The lowest BCUT2D eigenvalue weighted by Gasteiger charge is -2.39. The first kappa shape index (κ1) is 50.2. The Kier molecular flexibility index (Phi) is 15.8. The number of benzene rings is 3. The lowest BCUT2D eigenvalue weighted by Crippen LogP contribution is -2.53. The van der Waals surface area contributed by atoms with Crippen molar-refractivity contribution in [2.24, 2.45) is 0 Å². The minimum Gasteiger partial charge on any atom is -0.489 e. The third-order valence-corrected chi connectivity index (χ3v) is 15.4. The Hall–Kier alpha value is -5.78. The van der Waals surface area contributed by atoms with Crippen LogP contribution in [0.1, 0.15) is 80.2 Å². The Morgan fingerprint density at radius 2 is 1.55 bits per heavy atom. The smallest absolute Gasteiger partial charge is 0.255 e. The van der Waals surface area contributed by atoms with Crippen LogP contribution in [0, 0.1) is 6.92 Å². The topological polar surface area (TPSA) is 172 Å². The number of carbonyl (C=O) groups excluding carboxylic acids is 5. The number of thiophene rings is 1. The van der Waals surface area contributed by atoms with Crippen LogP contribution in [-0.4, -0.2) is 120 Å². The maximum absolute atomic E-state index is 14.2. The van der Waals surface area contributed by atoms with Crippen LogP contribution in [0.5, 0.6) is 17.2 Å². The fourth-order valence-electron chi connectivity index (χ4n) is 9.93. The van der Waals surface area contributed by atoms with Crippen molar-refractivity contribution in [3.05, 3.63) is 105 Å². The maximum Gasteiger partial charge on any atom is 0.255 e. The number of amides is 5. The molecule has 3 N–H and O–H groups in total. The summed E-state index contributed by atoms with van der Waals surface area (Å²) in [5.74, 6) is 0.111. The molecule has 3 fully saturated rings. The van der Waals surface area contributed by atoms with Crippen molar-refractivity contribution >= 4 is 74.3 Å². The molecule has 18 heteroatoms. The van der Waals surface area contributed by atoms with Gasteiger partial charge in [-0.15, -0.1) is 11.3 Å². The predicted molar refractivity (Wildman–Crippen MR) is 273 cm³/mol. The van der Waals surface area contributed by atoms with E-state index in [4.69, 9.17) is 37.4 Å². The summed E-state index contributed by atoms with van der Waals surface area (Å²) >= 11 is 14.4. The largest absolute Gasteiger partial charge is 0.489 e. The highest BCUT2D eigenvalue weighted by Gasteiger charge is 2.46. The van der Waals surface area contributed by atoms with E-state index in [9.17, 15) is 24.0 Å². The summed E-state index contributed by atoms with van der Waals surface area (Å²) in [6, 6.07) is 22.2. The second-order valence-electron chi connectivity index (χ2n) is 18.8. The van der Waals surface area contributed by atoms with Crippen LogP contribution in [0.2, 0.25) is 10.0 Å². The summed E-state index contributed by atoms with van der Waals surface area (Å²) in [7, 11) is 0. The van der Waals surface area contributed by atoms with E-state index in [2.05, 4.69) is 25.8 Å². The minimum absolute atomic E-state index is 0.00426. The zero-order valence-corrected chi connectivity index (χ0v) is 42.3. The van der Waals surface area contributed by atoms with Crippen molar-refractivity contribution in [2.45, 2.75) is 95.6 Å². The SMILES string of the molecule is Cc1cc(Cl)cc(-c2ccnc3cc(CN4C(=O)CCC4=O)sc23)c1OC1CCN(CCCNC(=O)CCNC(=O)CN[C@@H](C)[C@H](C(=O)N2CCC3(CC2)Oc2ccccc2O3)c2ccc(Cl)cc2)CC1. The number of hydrogen-bond donors (Lipinski definition) is 3. The van der Waals surface area contributed by atoms with Crippen LogP contribution >= 0.6 is 34.5 Å². The second kappa shape index (κ2) is 22.3. The predicted octanol–water partition coefficient (Wildman–Crippen LogP) is 7.64. The van der Waals surface area contributed by atoms with Crippen LogP contribution in [0.15, 0.2) is 79.0 Å². The highest BCUT2D eigenvalue weighted by molar-refractivity contribution is 7.19. The molecule has 4 aliphatic rings. The molecule has 374 valence electrons. The van der Waals surface area contributed by atoms with Crippen molar-refractivity contribution in [1.29, 1.82) is 0 Å². The van der Waals surface area contributed by atoms with Gasteiger partial charge in [0.25, 0.3) is 5.79 Å². The number of aryl methyl sites for hydroxylation is 1. The Morgan fingerprint density at radius 3 is 2.25 bits per heavy atom. The van der Waals surface area contributed by atoms with Gasteiger partial charge in [0.2, 0.25) is 29.5 Å². The lowest BCUT2D eigenvalue weighted by atomic mass is 9.89. The van der Waals surface area contributed by atoms with Crippen LogP contribution < -0.4 is 30.2 Å². The fraction of sp³-hybridized carbons (Fsp3) is 0.434. The average Bonchev–Trinajstić information content (AvgIpc) is 4.05. The number of halogens is 2. The first-order chi connectivity index (χ1) is 34.3. The zero-order valence-electron chi connectivity index (χ0n) is 40.0. The summed E-state index contributed by atoms with van der Waals surface area (Å²) in [5, 5.41) is 10.2. The molecule has 0 bridgehead atoms. The summed E-state index contributed by atoms with van der Waals surface area (Å²) in [6.45, 7) is 8.30. The Labute approximate surface area is 427 Å². The molecule has 1 spiro atoms. The number of nitrogens with one attached hydrogen (secondary N) is 3. The quantitative estimate of drug-likeness (QED) is 0.0582. The van der Waals surface area contributed by atoms with Crippen molar-refractivity contribution in [3.63, 3.8) is 0 Å². The molecule has 6 heterocycles. The summed E-state index contributed by atoms with van der Waals surface area (Å²) < 4.78 is 20.1. The molecule has 2 aromatic heterocycles. The van der Waals surface area contributed by atoms with Crippen LogP contribution in [-0.2, 0) is 30.5 Å². The molecule has 5 amide bonds. The molecule has 0 unspecified atom stereocenters. The van der Waals surface area contributed by atoms with Crippen LogP contribution in [0.3, 0.4) is 0 Å². The van der Waals surface area contributed by atoms with Gasteiger partial charge in [-0.3, -0.25) is 33.9 Å².